The fourth-order valence-electron chi connectivity index (χ4n) is 1.74. The number of nitrogens with one attached hydrogen (secondary N) is 2. The Kier molecular flexibility index (Phi) is 4.66. The van der Waals surface area contributed by atoms with Crippen LogP contribution in [0.5, 0.6) is 0 Å². The molecule has 0 bridgehead atoms. The van der Waals surface area contributed by atoms with Gasteiger partial charge in [-0.05, 0) is 37.3 Å². The maximum Gasteiger partial charge on any atom is 0.251 e. The van der Waals surface area contributed by atoms with Crippen molar-refractivity contribution in [1.82, 2.24) is 5.32 Å². The van der Waals surface area contributed by atoms with Gasteiger partial charge < -0.3 is 10.6 Å². The molecule has 2 amide bonds. The highest BCUT2D eigenvalue weighted by Crippen LogP contribution is 2.08. The molecule has 4 nitrogen and oxygen atoms in total. The van der Waals surface area contributed by atoms with E-state index >= 15 is 0 Å². The zero-order valence-corrected chi connectivity index (χ0v) is 11.5. The zero-order chi connectivity index (χ0) is 15.2. The van der Waals surface area contributed by atoms with Crippen LogP contribution in [0.3, 0.4) is 0 Å². The summed E-state index contributed by atoms with van der Waals surface area (Å²) in [6, 6.07) is 12.6. The van der Waals surface area contributed by atoms with Gasteiger partial charge in [0.25, 0.3) is 5.91 Å². The summed E-state index contributed by atoms with van der Waals surface area (Å²) in [6.45, 7) is 1.75. The molecular formula is C16H15FN2O2. The van der Waals surface area contributed by atoms with Crippen LogP contribution >= 0.6 is 0 Å². The first-order valence-electron chi connectivity index (χ1n) is 6.45. The largest absolute Gasteiger partial charge is 0.343 e. The molecule has 2 N–H and O–H groups in total. The molecule has 108 valence electrons. The van der Waals surface area contributed by atoms with Crippen LogP contribution in [-0.2, 0) is 4.79 Å². The van der Waals surface area contributed by atoms with Gasteiger partial charge in [0.1, 0.15) is 5.82 Å². The molecule has 0 heterocycles. The number of halogens is 1. The van der Waals surface area contributed by atoms with E-state index in [-0.39, 0.29) is 12.5 Å². The molecule has 2 rings (SSSR count). The number of hydrogen-bond donors (Lipinski definition) is 2. The van der Waals surface area contributed by atoms with Gasteiger partial charge in [-0.2, -0.15) is 0 Å². The Morgan fingerprint density at radius 2 is 1.81 bits per heavy atom. The van der Waals surface area contributed by atoms with E-state index in [1.54, 1.807) is 18.2 Å². The molecule has 0 radical (unpaired) electrons. The Balaban J connectivity index is 1.86. The van der Waals surface area contributed by atoms with Gasteiger partial charge in [-0.1, -0.05) is 23.8 Å². The summed E-state index contributed by atoms with van der Waals surface area (Å²) in [5.41, 5.74) is 1.89. The lowest BCUT2D eigenvalue weighted by Gasteiger charge is -2.07. The number of hydrogen-bond acceptors (Lipinski definition) is 2. The van der Waals surface area contributed by atoms with Crippen LogP contribution in [0.25, 0.3) is 0 Å². The lowest BCUT2D eigenvalue weighted by atomic mass is 10.1. The molecule has 0 atom stereocenters. The number of rotatable bonds is 4. The second-order valence-electron chi connectivity index (χ2n) is 4.61. The normalized spacial score (nSPS) is 10.0. The summed E-state index contributed by atoms with van der Waals surface area (Å²) in [5.74, 6) is -1.18. The monoisotopic (exact) mass is 286 g/mol. The van der Waals surface area contributed by atoms with E-state index in [1.807, 2.05) is 19.1 Å². The maximum atomic E-state index is 13.0. The first-order valence-corrected chi connectivity index (χ1v) is 6.45. The fourth-order valence-corrected chi connectivity index (χ4v) is 1.74. The van der Waals surface area contributed by atoms with Crippen molar-refractivity contribution in [2.45, 2.75) is 6.92 Å². The molecular weight excluding hydrogens is 271 g/mol. The highest BCUT2D eigenvalue weighted by Gasteiger charge is 2.08. The summed E-state index contributed by atoms with van der Waals surface area (Å²) >= 11 is 0. The molecule has 0 aliphatic carbocycles. The summed E-state index contributed by atoms with van der Waals surface area (Å²) in [4.78, 5) is 23.5. The van der Waals surface area contributed by atoms with E-state index in [0.29, 0.717) is 11.3 Å². The minimum absolute atomic E-state index is 0.177. The topological polar surface area (TPSA) is 58.2 Å². The molecule has 0 saturated heterocycles. The van der Waals surface area contributed by atoms with Gasteiger partial charge >= 0.3 is 0 Å². The Hall–Kier alpha value is -2.69. The molecule has 0 saturated carbocycles. The van der Waals surface area contributed by atoms with E-state index in [1.165, 1.54) is 18.2 Å². The van der Waals surface area contributed by atoms with Gasteiger partial charge in [0.2, 0.25) is 5.91 Å². The Morgan fingerprint density at radius 3 is 2.48 bits per heavy atom. The molecule has 0 fully saturated rings. The Morgan fingerprint density at radius 1 is 1.10 bits per heavy atom. The molecule has 0 aliphatic rings. The zero-order valence-electron chi connectivity index (χ0n) is 11.5. The van der Waals surface area contributed by atoms with Crippen molar-refractivity contribution in [1.29, 1.82) is 0 Å². The van der Waals surface area contributed by atoms with Crippen LogP contribution in [0.1, 0.15) is 15.9 Å². The van der Waals surface area contributed by atoms with Gasteiger partial charge in [0, 0.05) is 11.3 Å². The third-order valence-electron chi connectivity index (χ3n) is 2.83. The molecule has 2 aromatic carbocycles. The molecule has 0 aromatic heterocycles. The van der Waals surface area contributed by atoms with Crippen LogP contribution in [0, 0.1) is 12.7 Å². The van der Waals surface area contributed by atoms with Crippen molar-refractivity contribution in [3.63, 3.8) is 0 Å². The summed E-state index contributed by atoms with van der Waals surface area (Å²) < 4.78 is 13.0. The lowest BCUT2D eigenvalue weighted by molar-refractivity contribution is -0.115. The second kappa shape index (κ2) is 6.65. The van der Waals surface area contributed by atoms with Crippen molar-refractivity contribution >= 4 is 17.5 Å². The van der Waals surface area contributed by atoms with Crippen LogP contribution in [-0.4, -0.2) is 18.4 Å². The smallest absolute Gasteiger partial charge is 0.251 e. The van der Waals surface area contributed by atoms with E-state index in [4.69, 9.17) is 0 Å². The van der Waals surface area contributed by atoms with E-state index in [9.17, 15) is 14.0 Å². The minimum atomic E-state index is -0.434. The van der Waals surface area contributed by atoms with Gasteiger partial charge in [-0.15, -0.1) is 0 Å². The van der Waals surface area contributed by atoms with Gasteiger partial charge in [-0.3, -0.25) is 9.59 Å². The average Bonchev–Trinajstić information content (AvgIpc) is 2.45. The molecule has 21 heavy (non-hydrogen) atoms. The quantitative estimate of drug-likeness (QED) is 0.907. The van der Waals surface area contributed by atoms with Crippen LogP contribution in [0.2, 0.25) is 0 Å². The van der Waals surface area contributed by atoms with Crippen molar-refractivity contribution in [3.8, 4) is 0 Å². The number of anilines is 1. The first-order chi connectivity index (χ1) is 10.0. The van der Waals surface area contributed by atoms with Gasteiger partial charge in [-0.25, -0.2) is 4.39 Å². The molecule has 5 heteroatoms. The van der Waals surface area contributed by atoms with E-state index < -0.39 is 11.7 Å². The molecule has 2 aromatic rings. The molecule has 0 unspecified atom stereocenters. The van der Waals surface area contributed by atoms with Crippen molar-refractivity contribution in [2.75, 3.05) is 11.9 Å². The van der Waals surface area contributed by atoms with Crippen molar-refractivity contribution < 1.29 is 14.0 Å². The fraction of sp³-hybridized carbons (Fsp3) is 0.125. The molecule has 0 spiro atoms. The van der Waals surface area contributed by atoms with E-state index in [2.05, 4.69) is 10.6 Å². The van der Waals surface area contributed by atoms with Crippen LogP contribution in [0.4, 0.5) is 10.1 Å². The van der Waals surface area contributed by atoms with Crippen molar-refractivity contribution in [2.24, 2.45) is 0 Å². The summed E-state index contributed by atoms with van der Waals surface area (Å²) in [5, 5.41) is 5.01. The third-order valence-corrected chi connectivity index (χ3v) is 2.83. The first kappa shape index (κ1) is 14.7. The highest BCUT2D eigenvalue weighted by molar-refractivity contribution is 5.99. The predicted molar refractivity (Wildman–Crippen MR) is 78.5 cm³/mol. The minimum Gasteiger partial charge on any atom is -0.343 e. The SMILES string of the molecule is Cc1ccc(C(=O)NCC(=O)Nc2cccc(F)c2)cc1. The molecule has 0 aliphatic heterocycles. The standard InChI is InChI=1S/C16H15FN2O2/c1-11-5-7-12(8-6-11)16(21)18-10-15(20)19-14-4-2-3-13(17)9-14/h2-9H,10H2,1H3,(H,18,21)(H,19,20). The highest BCUT2D eigenvalue weighted by atomic mass is 19.1. The van der Waals surface area contributed by atoms with Crippen LogP contribution < -0.4 is 10.6 Å². The van der Waals surface area contributed by atoms with E-state index in [0.717, 1.165) is 5.56 Å². The lowest BCUT2D eigenvalue weighted by Crippen LogP contribution is -2.32. The average molecular weight is 286 g/mol. The van der Waals surface area contributed by atoms with Crippen LogP contribution in [0.15, 0.2) is 48.5 Å². The number of aryl methyl sites for hydroxylation is 1. The second-order valence-corrected chi connectivity index (χ2v) is 4.61. The third kappa shape index (κ3) is 4.42. The Bertz CT molecular complexity index is 654. The Labute approximate surface area is 122 Å². The summed E-state index contributed by atoms with van der Waals surface area (Å²) in [7, 11) is 0. The number of amides is 2. The van der Waals surface area contributed by atoms with Gasteiger partial charge in [0.05, 0.1) is 6.54 Å². The maximum absolute atomic E-state index is 13.0. The number of benzene rings is 2. The van der Waals surface area contributed by atoms with Crippen molar-refractivity contribution in [3.05, 3.63) is 65.5 Å². The predicted octanol–water partition coefficient (Wildman–Crippen LogP) is 2.50. The van der Waals surface area contributed by atoms with Gasteiger partial charge in [0.15, 0.2) is 0 Å². The number of carbonyl (C=O) groups excluding carboxylic acids is 2. The summed E-state index contributed by atoms with van der Waals surface area (Å²) in [6.07, 6.45) is 0. The number of carbonyl (C=O) groups is 2.